The zero-order valence-electron chi connectivity index (χ0n) is 13.8. The topological polar surface area (TPSA) is 85.3 Å². The highest BCUT2D eigenvalue weighted by Gasteiger charge is 2.14. The summed E-state index contributed by atoms with van der Waals surface area (Å²) in [7, 11) is 0. The van der Waals surface area contributed by atoms with E-state index in [4.69, 9.17) is 17.3 Å². The Hall–Kier alpha value is -2.42. The minimum absolute atomic E-state index is 0.233. The zero-order chi connectivity index (χ0) is 19.0. The predicted octanol–water partition coefficient (Wildman–Crippen LogP) is 4.39. The smallest absolute Gasteiger partial charge is 0.251 e. The van der Waals surface area contributed by atoms with Crippen molar-refractivity contribution < 1.29 is 4.79 Å². The van der Waals surface area contributed by atoms with Crippen molar-refractivity contribution >= 4 is 56.2 Å². The Kier molecular flexibility index (Phi) is 4.86. The van der Waals surface area contributed by atoms with Crippen LogP contribution in [0.5, 0.6) is 0 Å². The zero-order valence-corrected chi connectivity index (χ0v) is 17.0. The minimum atomic E-state index is -0.233. The van der Waals surface area contributed by atoms with Gasteiger partial charge in [0.05, 0.1) is 9.21 Å². The lowest BCUT2D eigenvalue weighted by atomic mass is 10.2. The van der Waals surface area contributed by atoms with Crippen molar-refractivity contribution in [2.24, 2.45) is 0 Å². The largest absolute Gasteiger partial charge is 0.384 e. The van der Waals surface area contributed by atoms with Gasteiger partial charge in [0, 0.05) is 16.6 Å². The molecule has 0 fully saturated rings. The van der Waals surface area contributed by atoms with Gasteiger partial charge in [-0.15, -0.1) is 16.4 Å². The van der Waals surface area contributed by atoms with Crippen molar-refractivity contribution in [3.8, 4) is 10.7 Å². The van der Waals surface area contributed by atoms with E-state index in [1.54, 1.807) is 18.2 Å². The Labute approximate surface area is 172 Å². The number of pyridine rings is 1. The standard InChI is InChI=1S/C18H13BrClN5OS/c19-12-4-2-1-3-10(12)9-22-18(26)11-7-15(21)25-16(8-11)23-17(24-25)13-5-6-14(20)27-13/h1-8H,9,21H2,(H,22,26). The van der Waals surface area contributed by atoms with Crippen LogP contribution in [0.2, 0.25) is 4.34 Å². The van der Waals surface area contributed by atoms with Crippen LogP contribution in [0.3, 0.4) is 0 Å². The molecule has 3 heterocycles. The Balaban J connectivity index is 1.60. The Morgan fingerprint density at radius 2 is 2.07 bits per heavy atom. The van der Waals surface area contributed by atoms with E-state index in [-0.39, 0.29) is 5.91 Å². The van der Waals surface area contributed by atoms with E-state index >= 15 is 0 Å². The number of carbonyl (C=O) groups excluding carboxylic acids is 1. The van der Waals surface area contributed by atoms with E-state index < -0.39 is 0 Å². The number of aromatic nitrogens is 3. The van der Waals surface area contributed by atoms with E-state index in [2.05, 4.69) is 31.3 Å². The number of fused-ring (bicyclic) bond motifs is 1. The van der Waals surface area contributed by atoms with Crippen LogP contribution < -0.4 is 11.1 Å². The van der Waals surface area contributed by atoms with Gasteiger partial charge in [0.2, 0.25) is 0 Å². The van der Waals surface area contributed by atoms with Crippen LogP contribution in [0.1, 0.15) is 15.9 Å². The number of rotatable bonds is 4. The normalized spacial score (nSPS) is 11.0. The van der Waals surface area contributed by atoms with Gasteiger partial charge in [-0.25, -0.2) is 4.98 Å². The van der Waals surface area contributed by atoms with Crippen LogP contribution in [-0.2, 0) is 6.54 Å². The number of amides is 1. The molecular formula is C18H13BrClN5OS. The van der Waals surface area contributed by atoms with Crippen LogP contribution in [0.4, 0.5) is 5.82 Å². The molecule has 0 saturated carbocycles. The Bertz CT molecular complexity index is 1160. The highest BCUT2D eigenvalue weighted by atomic mass is 79.9. The van der Waals surface area contributed by atoms with Crippen molar-refractivity contribution in [1.82, 2.24) is 19.9 Å². The lowest BCUT2D eigenvalue weighted by Gasteiger charge is -2.08. The van der Waals surface area contributed by atoms with Crippen molar-refractivity contribution in [2.75, 3.05) is 5.73 Å². The van der Waals surface area contributed by atoms with Gasteiger partial charge in [-0.3, -0.25) is 4.79 Å². The maximum absolute atomic E-state index is 12.6. The van der Waals surface area contributed by atoms with Crippen molar-refractivity contribution in [1.29, 1.82) is 0 Å². The molecule has 6 nitrogen and oxygen atoms in total. The number of carbonyl (C=O) groups is 1. The average molecular weight is 463 g/mol. The number of thiophene rings is 1. The van der Waals surface area contributed by atoms with Crippen LogP contribution in [-0.4, -0.2) is 20.5 Å². The third kappa shape index (κ3) is 3.69. The third-order valence-electron chi connectivity index (χ3n) is 3.92. The van der Waals surface area contributed by atoms with E-state index in [9.17, 15) is 4.79 Å². The average Bonchev–Trinajstić information content (AvgIpc) is 3.27. The second-order valence-electron chi connectivity index (χ2n) is 5.75. The summed E-state index contributed by atoms with van der Waals surface area (Å²) in [5.41, 5.74) is 7.99. The van der Waals surface area contributed by atoms with Gasteiger partial charge in [-0.05, 0) is 35.9 Å². The molecule has 0 unspecified atom stereocenters. The number of halogens is 2. The Morgan fingerprint density at radius 1 is 1.26 bits per heavy atom. The van der Waals surface area contributed by atoms with E-state index in [1.807, 2.05) is 30.3 Å². The summed E-state index contributed by atoms with van der Waals surface area (Å²) in [4.78, 5) is 17.9. The van der Waals surface area contributed by atoms with Gasteiger partial charge < -0.3 is 11.1 Å². The number of anilines is 1. The molecule has 4 rings (SSSR count). The minimum Gasteiger partial charge on any atom is -0.384 e. The summed E-state index contributed by atoms with van der Waals surface area (Å²) >= 11 is 10.8. The number of nitrogens with one attached hydrogen (secondary N) is 1. The van der Waals surface area contributed by atoms with Crippen LogP contribution >= 0.6 is 38.9 Å². The lowest BCUT2D eigenvalue weighted by Crippen LogP contribution is -2.23. The number of nitrogens with zero attached hydrogens (tertiary/aromatic N) is 3. The number of hydrogen-bond donors (Lipinski definition) is 2. The highest BCUT2D eigenvalue weighted by molar-refractivity contribution is 9.10. The molecule has 0 aliphatic heterocycles. The van der Waals surface area contributed by atoms with Gasteiger partial charge in [0.15, 0.2) is 11.5 Å². The number of hydrogen-bond acceptors (Lipinski definition) is 5. The molecule has 9 heteroatoms. The summed E-state index contributed by atoms with van der Waals surface area (Å²) in [6.45, 7) is 0.400. The first-order valence-corrected chi connectivity index (χ1v) is 9.93. The van der Waals surface area contributed by atoms with Crippen molar-refractivity contribution in [2.45, 2.75) is 6.54 Å². The van der Waals surface area contributed by atoms with Gasteiger partial charge in [0.1, 0.15) is 5.82 Å². The molecule has 0 aliphatic carbocycles. The molecule has 1 aromatic carbocycles. The maximum Gasteiger partial charge on any atom is 0.251 e. The fourth-order valence-corrected chi connectivity index (χ4v) is 4.00. The molecule has 0 bridgehead atoms. The predicted molar refractivity (Wildman–Crippen MR) is 111 cm³/mol. The molecule has 0 saturated heterocycles. The van der Waals surface area contributed by atoms with Crippen LogP contribution in [0.25, 0.3) is 16.3 Å². The molecule has 0 aliphatic rings. The fraction of sp³-hybridized carbons (Fsp3) is 0.0556. The first-order chi connectivity index (χ1) is 13.0. The maximum atomic E-state index is 12.6. The molecule has 0 atom stereocenters. The quantitative estimate of drug-likeness (QED) is 0.471. The molecule has 27 heavy (non-hydrogen) atoms. The number of nitrogen functional groups attached to an aromatic ring is 1. The van der Waals surface area contributed by atoms with E-state index in [0.29, 0.717) is 33.7 Å². The summed E-state index contributed by atoms with van der Waals surface area (Å²) in [6.07, 6.45) is 0. The van der Waals surface area contributed by atoms with Gasteiger partial charge in [0.25, 0.3) is 5.91 Å². The summed E-state index contributed by atoms with van der Waals surface area (Å²) in [5.74, 6) is 0.619. The van der Waals surface area contributed by atoms with Gasteiger partial charge >= 0.3 is 0 Å². The number of nitrogens with two attached hydrogens (primary N) is 1. The van der Waals surface area contributed by atoms with Gasteiger partial charge in [-0.1, -0.05) is 45.7 Å². The monoisotopic (exact) mass is 461 g/mol. The van der Waals surface area contributed by atoms with Crippen LogP contribution in [0.15, 0.2) is 53.0 Å². The summed E-state index contributed by atoms with van der Waals surface area (Å²) in [5, 5.41) is 7.29. The SMILES string of the molecule is Nc1cc(C(=O)NCc2ccccc2Br)cc2nc(-c3ccc(Cl)s3)nn12. The molecule has 1 amide bonds. The molecule has 0 spiro atoms. The molecule has 3 N–H and O–H groups in total. The first kappa shape index (κ1) is 18.0. The first-order valence-electron chi connectivity index (χ1n) is 7.95. The van der Waals surface area contributed by atoms with Crippen molar-refractivity contribution in [3.63, 3.8) is 0 Å². The Morgan fingerprint density at radius 3 is 2.81 bits per heavy atom. The molecule has 4 aromatic rings. The second-order valence-corrected chi connectivity index (χ2v) is 8.32. The van der Waals surface area contributed by atoms with Crippen molar-refractivity contribution in [3.05, 3.63) is 68.5 Å². The van der Waals surface area contributed by atoms with E-state index in [1.165, 1.54) is 15.9 Å². The van der Waals surface area contributed by atoms with E-state index in [0.717, 1.165) is 14.9 Å². The molecule has 0 radical (unpaired) electrons. The fourth-order valence-electron chi connectivity index (χ4n) is 2.60. The molecule has 3 aromatic heterocycles. The number of benzene rings is 1. The van der Waals surface area contributed by atoms with Crippen LogP contribution in [0, 0.1) is 0 Å². The third-order valence-corrected chi connectivity index (χ3v) is 5.92. The second kappa shape index (κ2) is 7.30. The summed E-state index contributed by atoms with van der Waals surface area (Å²) in [6, 6.07) is 14.6. The lowest BCUT2D eigenvalue weighted by molar-refractivity contribution is 0.0951. The summed E-state index contributed by atoms with van der Waals surface area (Å²) < 4.78 is 3.11. The highest BCUT2D eigenvalue weighted by Crippen LogP contribution is 2.29. The van der Waals surface area contributed by atoms with Gasteiger partial charge in [-0.2, -0.15) is 4.52 Å². The molecule has 136 valence electrons. The molecular weight excluding hydrogens is 450 g/mol.